The lowest BCUT2D eigenvalue weighted by molar-refractivity contribution is -0.137. The highest BCUT2D eigenvalue weighted by atomic mass is 16.4. The maximum atomic E-state index is 12.7. The van der Waals surface area contributed by atoms with E-state index in [1.54, 1.807) is 0 Å². The van der Waals surface area contributed by atoms with Crippen LogP contribution in [-0.4, -0.2) is 22.9 Å². The molecular weight excluding hydrogens is 416 g/mol. The van der Waals surface area contributed by atoms with Crippen LogP contribution in [0.1, 0.15) is 40.7 Å². The fourth-order valence-electron chi connectivity index (χ4n) is 4.24. The first-order chi connectivity index (χ1) is 15.9. The molecule has 6 heteroatoms. The lowest BCUT2D eigenvalue weighted by Crippen LogP contribution is -2.23. The van der Waals surface area contributed by atoms with Crippen LogP contribution in [0, 0.1) is 12.8 Å². The summed E-state index contributed by atoms with van der Waals surface area (Å²) in [5.74, 6) is -1.03. The number of amides is 2. The van der Waals surface area contributed by atoms with Crippen molar-refractivity contribution in [2.45, 2.75) is 32.6 Å². The third-order valence-corrected chi connectivity index (χ3v) is 5.96. The van der Waals surface area contributed by atoms with E-state index < -0.39 is 5.97 Å². The Kier molecular flexibility index (Phi) is 6.54. The Balaban J connectivity index is 1.41. The number of carbonyl (C=O) groups excluding carboxylic acids is 2. The van der Waals surface area contributed by atoms with Crippen LogP contribution in [0.2, 0.25) is 0 Å². The van der Waals surface area contributed by atoms with E-state index in [0.717, 1.165) is 34.4 Å². The number of carboxylic acids is 1. The second-order valence-electron chi connectivity index (χ2n) is 8.43. The van der Waals surface area contributed by atoms with Gasteiger partial charge in [-0.25, -0.2) is 4.79 Å². The highest BCUT2D eigenvalue weighted by molar-refractivity contribution is 6.01. The fourth-order valence-corrected chi connectivity index (χ4v) is 4.24. The Hall–Kier alpha value is -3.93. The number of anilines is 2. The van der Waals surface area contributed by atoms with Crippen LogP contribution in [0.15, 0.2) is 66.7 Å². The van der Waals surface area contributed by atoms with E-state index in [2.05, 4.69) is 10.6 Å². The summed E-state index contributed by atoms with van der Waals surface area (Å²) in [6, 6.07) is 20.7. The Morgan fingerprint density at radius 3 is 2.39 bits per heavy atom. The number of nitrogens with one attached hydrogen (secondary N) is 2. The van der Waals surface area contributed by atoms with Gasteiger partial charge in [0.1, 0.15) is 0 Å². The van der Waals surface area contributed by atoms with Gasteiger partial charge in [0.25, 0.3) is 0 Å². The average Bonchev–Trinajstić information content (AvgIpc) is 2.79. The Morgan fingerprint density at radius 1 is 0.939 bits per heavy atom. The molecule has 0 heterocycles. The topological polar surface area (TPSA) is 95.5 Å². The van der Waals surface area contributed by atoms with E-state index >= 15 is 0 Å². The van der Waals surface area contributed by atoms with E-state index in [0.29, 0.717) is 24.1 Å². The molecule has 1 atom stereocenters. The molecule has 0 spiro atoms. The number of fused-ring (bicyclic) bond motifs is 1. The lowest BCUT2D eigenvalue weighted by Gasteiger charge is -2.23. The number of Topliss-reactive ketones (excluding diaryl/α,β-unsaturated/α-hetero) is 1. The molecule has 1 aliphatic rings. The van der Waals surface area contributed by atoms with Gasteiger partial charge < -0.3 is 15.7 Å². The first-order valence-corrected chi connectivity index (χ1v) is 11.0. The van der Waals surface area contributed by atoms with Gasteiger partial charge in [-0.05, 0) is 72.7 Å². The highest BCUT2D eigenvalue weighted by Gasteiger charge is 2.27. The summed E-state index contributed by atoms with van der Waals surface area (Å²) >= 11 is 0. The van der Waals surface area contributed by atoms with E-state index in [9.17, 15) is 14.4 Å². The van der Waals surface area contributed by atoms with Crippen molar-refractivity contribution in [3.05, 3.63) is 83.4 Å². The van der Waals surface area contributed by atoms with Crippen molar-refractivity contribution in [2.24, 2.45) is 5.92 Å². The van der Waals surface area contributed by atoms with Gasteiger partial charge in [-0.2, -0.15) is 0 Å². The molecule has 0 fully saturated rings. The maximum absolute atomic E-state index is 12.7. The largest absolute Gasteiger partial charge is 0.481 e. The predicted molar refractivity (Wildman–Crippen MR) is 129 cm³/mol. The molecule has 3 aromatic rings. The fraction of sp³-hybridized carbons (Fsp3) is 0.222. The van der Waals surface area contributed by atoms with Gasteiger partial charge in [0, 0.05) is 29.3 Å². The maximum Gasteiger partial charge on any atom is 0.323 e. The third-order valence-electron chi connectivity index (χ3n) is 5.96. The Morgan fingerprint density at radius 2 is 1.67 bits per heavy atom. The van der Waals surface area contributed by atoms with Gasteiger partial charge in [0.15, 0.2) is 5.78 Å². The second kappa shape index (κ2) is 9.69. The number of carbonyl (C=O) groups is 3. The zero-order valence-electron chi connectivity index (χ0n) is 18.4. The molecule has 1 unspecified atom stereocenters. The molecule has 0 saturated carbocycles. The number of hydrogen-bond donors (Lipinski definition) is 3. The number of rotatable bonds is 6. The number of urea groups is 1. The van der Waals surface area contributed by atoms with Crippen molar-refractivity contribution in [1.29, 1.82) is 0 Å². The first kappa shape index (κ1) is 22.3. The molecule has 0 bridgehead atoms. The molecule has 0 aromatic heterocycles. The molecule has 0 aliphatic heterocycles. The van der Waals surface area contributed by atoms with Gasteiger partial charge >= 0.3 is 12.0 Å². The van der Waals surface area contributed by atoms with Crippen molar-refractivity contribution < 1.29 is 19.5 Å². The van der Waals surface area contributed by atoms with Crippen molar-refractivity contribution in [1.82, 2.24) is 0 Å². The summed E-state index contributed by atoms with van der Waals surface area (Å²) in [5.41, 5.74) is 6.18. The van der Waals surface area contributed by atoms with Gasteiger partial charge in [-0.3, -0.25) is 9.59 Å². The molecule has 3 N–H and O–H groups in total. The second-order valence-corrected chi connectivity index (χ2v) is 8.43. The standard InChI is InChI=1S/C27H26N2O4/c1-17-3-2-4-23(15-17)29-27(33)28-22-11-7-18(8-12-22)20-9-13-24-21(16-20)6-5-19(26(24)32)10-14-25(30)31/h2-4,7-9,11-13,15-16,19H,5-6,10,14H2,1H3,(H,30,31)(H2,28,29,33). The number of benzene rings is 3. The molecule has 168 valence electrons. The molecule has 6 nitrogen and oxygen atoms in total. The van der Waals surface area contributed by atoms with Crippen LogP contribution in [0.4, 0.5) is 16.2 Å². The molecule has 2 amide bonds. The smallest absolute Gasteiger partial charge is 0.323 e. The predicted octanol–water partition coefficient (Wildman–Crippen LogP) is 5.92. The number of hydrogen-bond acceptors (Lipinski definition) is 3. The Bertz CT molecular complexity index is 1200. The first-order valence-electron chi connectivity index (χ1n) is 11.0. The van der Waals surface area contributed by atoms with Crippen LogP contribution in [0.5, 0.6) is 0 Å². The van der Waals surface area contributed by atoms with Gasteiger partial charge in [-0.15, -0.1) is 0 Å². The minimum absolute atomic E-state index is 0.0211. The number of aryl methyl sites for hydroxylation is 2. The van der Waals surface area contributed by atoms with Gasteiger partial charge in [0.05, 0.1) is 0 Å². The average molecular weight is 443 g/mol. The van der Waals surface area contributed by atoms with Crippen LogP contribution >= 0.6 is 0 Å². The molecular formula is C27H26N2O4. The van der Waals surface area contributed by atoms with E-state index in [1.165, 1.54) is 0 Å². The SMILES string of the molecule is Cc1cccc(NC(=O)Nc2ccc(-c3ccc4c(c3)CCC(CCC(=O)O)C4=O)cc2)c1. The van der Waals surface area contributed by atoms with Crippen LogP contribution < -0.4 is 10.6 Å². The zero-order valence-corrected chi connectivity index (χ0v) is 18.4. The molecule has 3 aromatic carbocycles. The van der Waals surface area contributed by atoms with Gasteiger partial charge in [-0.1, -0.05) is 42.5 Å². The third kappa shape index (κ3) is 5.47. The number of aliphatic carboxylic acids is 1. The van der Waals surface area contributed by atoms with Crippen molar-refractivity contribution in [3.63, 3.8) is 0 Å². The zero-order chi connectivity index (χ0) is 23.4. The van der Waals surface area contributed by atoms with E-state index in [-0.39, 0.29) is 24.2 Å². The summed E-state index contributed by atoms with van der Waals surface area (Å²) in [5, 5.41) is 14.5. The van der Waals surface area contributed by atoms with Crippen LogP contribution in [0.3, 0.4) is 0 Å². The van der Waals surface area contributed by atoms with Crippen LogP contribution in [0.25, 0.3) is 11.1 Å². The highest BCUT2D eigenvalue weighted by Crippen LogP contribution is 2.32. The van der Waals surface area contributed by atoms with Crippen molar-refractivity contribution >= 4 is 29.2 Å². The molecule has 33 heavy (non-hydrogen) atoms. The number of ketones is 1. The monoisotopic (exact) mass is 442 g/mol. The molecule has 0 radical (unpaired) electrons. The quantitative estimate of drug-likeness (QED) is 0.442. The van der Waals surface area contributed by atoms with Crippen molar-refractivity contribution in [3.8, 4) is 11.1 Å². The summed E-state index contributed by atoms with van der Waals surface area (Å²) in [4.78, 5) is 35.8. The Labute approximate surface area is 192 Å². The summed E-state index contributed by atoms with van der Waals surface area (Å²) in [7, 11) is 0. The van der Waals surface area contributed by atoms with Crippen LogP contribution in [-0.2, 0) is 11.2 Å². The van der Waals surface area contributed by atoms with Crippen molar-refractivity contribution in [2.75, 3.05) is 10.6 Å². The minimum atomic E-state index is -0.866. The normalized spacial score (nSPS) is 14.9. The number of carboxylic acid groups (broad SMARTS) is 1. The molecule has 0 saturated heterocycles. The summed E-state index contributed by atoms with van der Waals surface area (Å²) < 4.78 is 0. The summed E-state index contributed by atoms with van der Waals surface area (Å²) in [6.07, 6.45) is 1.86. The molecule has 4 rings (SSSR count). The van der Waals surface area contributed by atoms with Gasteiger partial charge in [0.2, 0.25) is 0 Å². The lowest BCUT2D eigenvalue weighted by atomic mass is 9.79. The van der Waals surface area contributed by atoms with E-state index in [4.69, 9.17) is 5.11 Å². The summed E-state index contributed by atoms with van der Waals surface area (Å²) in [6.45, 7) is 1.97. The van der Waals surface area contributed by atoms with E-state index in [1.807, 2.05) is 73.7 Å². The minimum Gasteiger partial charge on any atom is -0.481 e. The molecule has 1 aliphatic carbocycles.